The quantitative estimate of drug-likeness (QED) is 0.829. The van der Waals surface area contributed by atoms with Crippen LogP contribution in [0.1, 0.15) is 12.5 Å². The topological polar surface area (TPSA) is 49.9 Å². The molecular weight excluding hydrogens is 313 g/mol. The summed E-state index contributed by atoms with van der Waals surface area (Å²) in [6.45, 7) is 1.16. The van der Waals surface area contributed by atoms with Gasteiger partial charge in [0.2, 0.25) is 5.91 Å². The summed E-state index contributed by atoms with van der Waals surface area (Å²) in [4.78, 5) is 26.1. The number of hydrogen-bond acceptors (Lipinski definition) is 3. The fourth-order valence-corrected chi connectivity index (χ4v) is 1.78. The third-order valence-electron chi connectivity index (χ3n) is 3.09. The molecule has 2 amide bonds. The van der Waals surface area contributed by atoms with Crippen molar-refractivity contribution >= 4 is 11.8 Å². The van der Waals surface area contributed by atoms with Crippen molar-refractivity contribution in [3.8, 4) is 5.75 Å². The van der Waals surface area contributed by atoms with Crippen molar-refractivity contribution in [2.45, 2.75) is 19.2 Å². The molecule has 0 fully saturated rings. The largest absolute Gasteiger partial charge is 0.480 e. The first-order valence-corrected chi connectivity index (χ1v) is 6.82. The zero-order valence-electron chi connectivity index (χ0n) is 13.3. The van der Waals surface area contributed by atoms with E-state index in [1.807, 2.05) is 0 Å². The van der Waals surface area contributed by atoms with E-state index in [1.165, 1.54) is 31.0 Å². The summed E-state index contributed by atoms with van der Waals surface area (Å²) in [6.07, 6.45) is -5.73. The third-order valence-corrected chi connectivity index (χ3v) is 3.09. The highest BCUT2D eigenvalue weighted by Crippen LogP contribution is 2.36. The lowest BCUT2D eigenvalue weighted by atomic mass is 10.2. The molecule has 0 aliphatic rings. The molecule has 0 saturated heterocycles. The molecule has 0 spiro atoms. The Kier molecular flexibility index (Phi) is 6.00. The monoisotopic (exact) mass is 332 g/mol. The van der Waals surface area contributed by atoms with Crippen LogP contribution in [0, 0.1) is 0 Å². The number of halogens is 3. The fourth-order valence-electron chi connectivity index (χ4n) is 1.78. The Hall–Kier alpha value is -2.25. The maximum Gasteiger partial charge on any atom is 0.419 e. The number of likely N-dealkylation sites (N-methyl/N-ethyl adjacent to an activating group) is 2. The van der Waals surface area contributed by atoms with Gasteiger partial charge in [-0.3, -0.25) is 9.59 Å². The van der Waals surface area contributed by atoms with Crippen LogP contribution in [0.15, 0.2) is 24.3 Å². The molecule has 1 rings (SSSR count). The first-order valence-electron chi connectivity index (χ1n) is 6.82. The first-order chi connectivity index (χ1) is 10.5. The van der Waals surface area contributed by atoms with E-state index in [2.05, 4.69) is 0 Å². The van der Waals surface area contributed by atoms with Crippen LogP contribution >= 0.6 is 0 Å². The highest BCUT2D eigenvalue weighted by molar-refractivity contribution is 5.86. The molecule has 0 heterocycles. The minimum absolute atomic E-state index is 0.180. The number of hydrogen-bond donors (Lipinski definition) is 0. The van der Waals surface area contributed by atoms with E-state index in [1.54, 1.807) is 14.1 Å². The van der Waals surface area contributed by atoms with Gasteiger partial charge in [0.1, 0.15) is 5.75 Å². The maximum absolute atomic E-state index is 12.9. The Labute approximate surface area is 132 Å². The molecule has 128 valence electrons. The van der Waals surface area contributed by atoms with Crippen LogP contribution in [0.3, 0.4) is 0 Å². The van der Waals surface area contributed by atoms with E-state index >= 15 is 0 Å². The average Bonchev–Trinajstić information content (AvgIpc) is 2.45. The third kappa shape index (κ3) is 5.15. The molecule has 0 aliphatic carbocycles. The van der Waals surface area contributed by atoms with E-state index < -0.39 is 29.5 Å². The van der Waals surface area contributed by atoms with Crippen LogP contribution in [-0.4, -0.2) is 55.4 Å². The second-order valence-corrected chi connectivity index (χ2v) is 5.24. The Bertz CT molecular complexity index is 573. The number of nitrogens with zero attached hydrogens (tertiary/aromatic N) is 2. The van der Waals surface area contributed by atoms with Gasteiger partial charge < -0.3 is 14.5 Å². The van der Waals surface area contributed by atoms with Gasteiger partial charge in [0, 0.05) is 21.1 Å². The highest BCUT2D eigenvalue weighted by atomic mass is 19.4. The van der Waals surface area contributed by atoms with Crippen molar-refractivity contribution < 1.29 is 27.5 Å². The van der Waals surface area contributed by atoms with Crippen LogP contribution in [0.2, 0.25) is 0 Å². The molecule has 0 radical (unpaired) electrons. The van der Waals surface area contributed by atoms with Crippen molar-refractivity contribution in [2.24, 2.45) is 0 Å². The number of carbonyl (C=O) groups excluding carboxylic acids is 2. The number of benzene rings is 1. The van der Waals surface area contributed by atoms with Crippen molar-refractivity contribution in [3.63, 3.8) is 0 Å². The summed E-state index contributed by atoms with van der Waals surface area (Å²) < 4.78 is 43.8. The first kappa shape index (κ1) is 18.8. The van der Waals surface area contributed by atoms with Crippen LogP contribution < -0.4 is 4.74 Å². The van der Waals surface area contributed by atoms with Gasteiger partial charge in [-0.2, -0.15) is 13.2 Å². The molecule has 5 nitrogen and oxygen atoms in total. The molecule has 1 atom stereocenters. The van der Waals surface area contributed by atoms with Crippen molar-refractivity contribution in [2.75, 3.05) is 27.7 Å². The Balaban J connectivity index is 2.82. The molecule has 8 heteroatoms. The second kappa shape index (κ2) is 7.34. The molecule has 0 saturated carbocycles. The maximum atomic E-state index is 12.9. The van der Waals surface area contributed by atoms with Gasteiger partial charge in [-0.1, -0.05) is 12.1 Å². The molecule has 0 N–H and O–H groups in total. The predicted octanol–water partition coefficient (Wildman–Crippen LogP) is 2.02. The molecule has 0 aromatic heterocycles. The molecule has 0 aliphatic heterocycles. The van der Waals surface area contributed by atoms with Gasteiger partial charge in [0.25, 0.3) is 5.91 Å². The minimum atomic E-state index is -4.58. The number of rotatable bonds is 5. The van der Waals surface area contributed by atoms with Gasteiger partial charge >= 0.3 is 6.18 Å². The van der Waals surface area contributed by atoms with E-state index in [0.717, 1.165) is 17.0 Å². The van der Waals surface area contributed by atoms with E-state index in [9.17, 15) is 22.8 Å². The summed E-state index contributed by atoms with van der Waals surface area (Å²) in [5, 5.41) is 0. The lowest BCUT2D eigenvalue weighted by Gasteiger charge is -2.24. The fraction of sp³-hybridized carbons (Fsp3) is 0.467. The summed E-state index contributed by atoms with van der Waals surface area (Å²) in [6, 6.07) is 4.66. The number of carbonyl (C=O) groups is 2. The molecule has 0 bridgehead atoms. The molecule has 1 aromatic rings. The van der Waals surface area contributed by atoms with E-state index in [0.29, 0.717) is 0 Å². The Morgan fingerprint density at radius 2 is 1.74 bits per heavy atom. The highest BCUT2D eigenvalue weighted by Gasteiger charge is 2.35. The summed E-state index contributed by atoms with van der Waals surface area (Å²) >= 11 is 0. The van der Waals surface area contributed by atoms with Gasteiger partial charge in [0.15, 0.2) is 6.10 Å². The zero-order valence-corrected chi connectivity index (χ0v) is 13.3. The van der Waals surface area contributed by atoms with Crippen LogP contribution in [0.25, 0.3) is 0 Å². The van der Waals surface area contributed by atoms with Crippen molar-refractivity contribution in [1.82, 2.24) is 9.80 Å². The summed E-state index contributed by atoms with van der Waals surface area (Å²) in [7, 11) is 4.47. The van der Waals surface area contributed by atoms with Gasteiger partial charge in [-0.05, 0) is 19.1 Å². The van der Waals surface area contributed by atoms with Gasteiger partial charge in [-0.25, -0.2) is 0 Å². The van der Waals surface area contributed by atoms with E-state index in [-0.39, 0.29) is 12.5 Å². The normalized spacial score (nSPS) is 12.5. The van der Waals surface area contributed by atoms with Crippen molar-refractivity contribution in [1.29, 1.82) is 0 Å². The Morgan fingerprint density at radius 3 is 2.26 bits per heavy atom. The molecule has 0 unspecified atom stereocenters. The van der Waals surface area contributed by atoms with E-state index in [4.69, 9.17) is 4.74 Å². The number of alkyl halides is 3. The number of amides is 2. The summed E-state index contributed by atoms with van der Waals surface area (Å²) in [5.74, 6) is -1.31. The summed E-state index contributed by atoms with van der Waals surface area (Å²) in [5.41, 5.74) is -0.952. The lowest BCUT2D eigenvalue weighted by Crippen LogP contribution is -2.43. The number of para-hydroxylation sites is 1. The SMILES string of the molecule is C[C@H](Oc1ccccc1C(F)(F)F)C(=O)N(C)CC(=O)N(C)C. The lowest BCUT2D eigenvalue weighted by molar-refractivity contribution is -0.144. The molecule has 23 heavy (non-hydrogen) atoms. The average molecular weight is 332 g/mol. The van der Waals surface area contributed by atoms with Crippen molar-refractivity contribution in [3.05, 3.63) is 29.8 Å². The van der Waals surface area contributed by atoms with Crippen LogP contribution in [0.5, 0.6) is 5.75 Å². The van der Waals surface area contributed by atoms with Crippen LogP contribution in [-0.2, 0) is 15.8 Å². The van der Waals surface area contributed by atoms with Gasteiger partial charge in [0.05, 0.1) is 12.1 Å². The predicted molar refractivity (Wildman–Crippen MR) is 77.9 cm³/mol. The number of ether oxygens (including phenoxy) is 1. The smallest absolute Gasteiger partial charge is 0.419 e. The van der Waals surface area contributed by atoms with Gasteiger partial charge in [-0.15, -0.1) is 0 Å². The zero-order chi connectivity index (χ0) is 17.8. The minimum Gasteiger partial charge on any atom is -0.480 e. The van der Waals surface area contributed by atoms with Crippen LogP contribution in [0.4, 0.5) is 13.2 Å². The molecule has 1 aromatic carbocycles. The molecular formula is C15H19F3N2O3. The standard InChI is InChI=1S/C15H19F3N2O3/c1-10(14(22)20(4)9-13(21)19(2)3)23-12-8-6-5-7-11(12)15(16,17)18/h5-8,10H,9H2,1-4H3/t10-/m0/s1. The second-order valence-electron chi connectivity index (χ2n) is 5.24. The Morgan fingerprint density at radius 1 is 1.17 bits per heavy atom.